The summed E-state index contributed by atoms with van der Waals surface area (Å²) >= 11 is 0. The van der Waals surface area contributed by atoms with E-state index in [0.29, 0.717) is 12.5 Å². The molecule has 1 aliphatic carbocycles. The van der Waals surface area contributed by atoms with Gasteiger partial charge in [-0.15, -0.1) is 6.58 Å². The molecule has 0 amide bonds. The number of benzene rings is 1. The minimum Gasteiger partial charge on any atom is -0.330 e. The molecule has 2 nitrogen and oxygen atoms in total. The molecule has 2 heteroatoms. The van der Waals surface area contributed by atoms with Crippen molar-refractivity contribution in [1.29, 1.82) is 0 Å². The summed E-state index contributed by atoms with van der Waals surface area (Å²) in [6, 6.07) is 9.68. The summed E-state index contributed by atoms with van der Waals surface area (Å²) in [6.45, 7) is 8.75. The van der Waals surface area contributed by atoms with Gasteiger partial charge in [0.1, 0.15) is 0 Å². The Morgan fingerprint density at radius 3 is 2.56 bits per heavy atom. The summed E-state index contributed by atoms with van der Waals surface area (Å²) in [6.07, 6.45) is 4.69. The van der Waals surface area contributed by atoms with Gasteiger partial charge in [0.25, 0.3) is 0 Å². The summed E-state index contributed by atoms with van der Waals surface area (Å²) in [4.78, 5) is 2.51. The van der Waals surface area contributed by atoms with Gasteiger partial charge in [-0.3, -0.25) is 4.90 Å². The fourth-order valence-corrected chi connectivity index (χ4v) is 2.27. The Bertz CT molecular complexity index is 379. The van der Waals surface area contributed by atoms with Gasteiger partial charge in [-0.1, -0.05) is 37.3 Å². The van der Waals surface area contributed by atoms with Crippen LogP contribution < -0.4 is 5.73 Å². The normalized spacial score (nSPS) is 16.8. The first-order chi connectivity index (χ1) is 8.74. The number of hydrogen-bond donors (Lipinski definition) is 1. The van der Waals surface area contributed by atoms with Crippen molar-refractivity contribution in [2.24, 2.45) is 5.73 Å². The van der Waals surface area contributed by atoms with Crippen molar-refractivity contribution in [1.82, 2.24) is 4.90 Å². The molecule has 1 aliphatic rings. The van der Waals surface area contributed by atoms with Crippen molar-refractivity contribution in [3.63, 3.8) is 0 Å². The largest absolute Gasteiger partial charge is 0.330 e. The third-order valence-electron chi connectivity index (χ3n) is 3.71. The first-order valence-corrected chi connectivity index (χ1v) is 6.88. The molecule has 1 unspecified atom stereocenters. The molecule has 0 bridgehead atoms. The van der Waals surface area contributed by atoms with Crippen LogP contribution >= 0.6 is 0 Å². The summed E-state index contributed by atoms with van der Waals surface area (Å²) in [5.41, 5.74) is 8.41. The minimum absolute atomic E-state index is 0.451. The smallest absolute Gasteiger partial charge is 0.0239 e. The van der Waals surface area contributed by atoms with E-state index >= 15 is 0 Å². The topological polar surface area (TPSA) is 29.3 Å². The number of rotatable bonds is 7. The molecule has 1 aromatic rings. The highest BCUT2D eigenvalue weighted by atomic mass is 15.2. The Balaban J connectivity index is 1.98. The predicted molar refractivity (Wildman–Crippen MR) is 77.5 cm³/mol. The van der Waals surface area contributed by atoms with E-state index in [1.165, 1.54) is 24.0 Å². The zero-order valence-corrected chi connectivity index (χ0v) is 11.3. The molecule has 2 N–H and O–H groups in total. The van der Waals surface area contributed by atoms with Crippen LogP contribution in [0.1, 0.15) is 36.8 Å². The molecule has 0 saturated heterocycles. The highest BCUT2D eigenvalue weighted by Crippen LogP contribution is 2.28. The minimum atomic E-state index is 0.451. The molecule has 1 fully saturated rings. The molecule has 0 aliphatic heterocycles. The van der Waals surface area contributed by atoms with Crippen LogP contribution in [-0.4, -0.2) is 24.0 Å². The molecular formula is C16H24N2. The van der Waals surface area contributed by atoms with Gasteiger partial charge < -0.3 is 5.73 Å². The van der Waals surface area contributed by atoms with Crippen molar-refractivity contribution >= 4 is 0 Å². The molecule has 0 aromatic heterocycles. The standard InChI is InChI=1S/C16H24N2/c1-3-10-18(16-8-9-16)12-14-4-6-15(7-5-14)13(2)11-17/h3-7,13,16H,1,8-12,17H2,2H3. The van der Waals surface area contributed by atoms with E-state index in [0.717, 1.165) is 19.1 Å². The average Bonchev–Trinajstić information content (AvgIpc) is 3.22. The second-order valence-electron chi connectivity index (χ2n) is 5.33. The second-order valence-corrected chi connectivity index (χ2v) is 5.33. The first-order valence-electron chi connectivity index (χ1n) is 6.88. The van der Waals surface area contributed by atoms with Crippen LogP contribution in [0.2, 0.25) is 0 Å². The maximum Gasteiger partial charge on any atom is 0.0239 e. The van der Waals surface area contributed by atoms with Crippen molar-refractivity contribution < 1.29 is 0 Å². The van der Waals surface area contributed by atoms with E-state index in [9.17, 15) is 0 Å². The maximum absolute atomic E-state index is 5.69. The van der Waals surface area contributed by atoms with E-state index in [-0.39, 0.29) is 0 Å². The summed E-state index contributed by atoms with van der Waals surface area (Å²) in [5.74, 6) is 0.451. The monoisotopic (exact) mass is 244 g/mol. The van der Waals surface area contributed by atoms with Gasteiger partial charge in [-0.05, 0) is 36.4 Å². The highest BCUT2D eigenvalue weighted by Gasteiger charge is 2.27. The van der Waals surface area contributed by atoms with E-state index in [1.54, 1.807) is 0 Å². The maximum atomic E-state index is 5.69. The molecular weight excluding hydrogens is 220 g/mol. The molecule has 0 heterocycles. The van der Waals surface area contributed by atoms with Crippen molar-refractivity contribution in [3.8, 4) is 0 Å². The molecule has 18 heavy (non-hydrogen) atoms. The third kappa shape index (κ3) is 3.44. The van der Waals surface area contributed by atoms with Gasteiger partial charge in [0.05, 0.1) is 0 Å². The average molecular weight is 244 g/mol. The van der Waals surface area contributed by atoms with E-state index in [2.05, 4.69) is 42.7 Å². The first kappa shape index (κ1) is 13.3. The summed E-state index contributed by atoms with van der Waals surface area (Å²) < 4.78 is 0. The Morgan fingerprint density at radius 2 is 2.06 bits per heavy atom. The van der Waals surface area contributed by atoms with E-state index in [1.807, 2.05) is 6.08 Å². The zero-order chi connectivity index (χ0) is 13.0. The zero-order valence-electron chi connectivity index (χ0n) is 11.3. The van der Waals surface area contributed by atoms with E-state index < -0.39 is 0 Å². The van der Waals surface area contributed by atoms with Crippen LogP contribution in [0, 0.1) is 0 Å². The van der Waals surface area contributed by atoms with Crippen LogP contribution in [-0.2, 0) is 6.54 Å². The number of nitrogens with two attached hydrogens (primary N) is 1. The van der Waals surface area contributed by atoms with Gasteiger partial charge in [0, 0.05) is 19.1 Å². The fraction of sp³-hybridized carbons (Fsp3) is 0.500. The quantitative estimate of drug-likeness (QED) is 0.747. The van der Waals surface area contributed by atoms with Gasteiger partial charge >= 0.3 is 0 Å². The molecule has 0 radical (unpaired) electrons. The fourth-order valence-electron chi connectivity index (χ4n) is 2.27. The summed E-state index contributed by atoms with van der Waals surface area (Å²) in [5, 5.41) is 0. The molecule has 0 spiro atoms. The van der Waals surface area contributed by atoms with Crippen LogP contribution in [0.5, 0.6) is 0 Å². The Labute approximate surface area is 110 Å². The van der Waals surface area contributed by atoms with Crippen molar-refractivity contribution in [2.75, 3.05) is 13.1 Å². The van der Waals surface area contributed by atoms with Crippen LogP contribution in [0.3, 0.4) is 0 Å². The van der Waals surface area contributed by atoms with E-state index in [4.69, 9.17) is 5.73 Å². The molecule has 1 atom stereocenters. The Hall–Kier alpha value is -1.12. The molecule has 1 saturated carbocycles. The molecule has 98 valence electrons. The Kier molecular flexibility index (Phi) is 4.56. The Morgan fingerprint density at radius 1 is 1.39 bits per heavy atom. The van der Waals surface area contributed by atoms with Crippen molar-refractivity contribution in [2.45, 2.75) is 38.3 Å². The van der Waals surface area contributed by atoms with Crippen LogP contribution in [0.15, 0.2) is 36.9 Å². The summed E-state index contributed by atoms with van der Waals surface area (Å²) in [7, 11) is 0. The second kappa shape index (κ2) is 6.17. The lowest BCUT2D eigenvalue weighted by Gasteiger charge is -2.20. The predicted octanol–water partition coefficient (Wildman–Crippen LogP) is 2.90. The van der Waals surface area contributed by atoms with Gasteiger partial charge in [-0.25, -0.2) is 0 Å². The number of nitrogens with zero attached hydrogens (tertiary/aromatic N) is 1. The van der Waals surface area contributed by atoms with Crippen molar-refractivity contribution in [3.05, 3.63) is 48.0 Å². The van der Waals surface area contributed by atoms with Crippen LogP contribution in [0.25, 0.3) is 0 Å². The molecule has 2 rings (SSSR count). The SMILES string of the molecule is C=CCN(Cc1ccc(C(C)CN)cc1)C1CC1. The van der Waals surface area contributed by atoms with Gasteiger partial charge in [0.2, 0.25) is 0 Å². The number of hydrogen-bond acceptors (Lipinski definition) is 2. The highest BCUT2D eigenvalue weighted by molar-refractivity contribution is 5.25. The van der Waals surface area contributed by atoms with Crippen LogP contribution in [0.4, 0.5) is 0 Å². The molecule has 1 aromatic carbocycles. The third-order valence-corrected chi connectivity index (χ3v) is 3.71. The lowest BCUT2D eigenvalue weighted by atomic mass is 10.00. The van der Waals surface area contributed by atoms with Gasteiger partial charge in [0.15, 0.2) is 0 Å². The van der Waals surface area contributed by atoms with Gasteiger partial charge in [-0.2, -0.15) is 0 Å². The lowest BCUT2D eigenvalue weighted by molar-refractivity contribution is 0.284. The lowest BCUT2D eigenvalue weighted by Crippen LogP contribution is -2.25.